The van der Waals surface area contributed by atoms with Crippen LogP contribution in [0.15, 0.2) is 36.4 Å². The van der Waals surface area contributed by atoms with E-state index >= 15 is 0 Å². The van der Waals surface area contributed by atoms with E-state index < -0.39 is 4.92 Å². The third kappa shape index (κ3) is 2.48. The summed E-state index contributed by atoms with van der Waals surface area (Å²) in [5.41, 5.74) is 0.427. The number of piperazine rings is 1. The van der Waals surface area contributed by atoms with Gasteiger partial charge in [0.2, 0.25) is 5.91 Å². The van der Waals surface area contributed by atoms with Gasteiger partial charge in [-0.25, -0.2) is 0 Å². The van der Waals surface area contributed by atoms with E-state index in [9.17, 15) is 19.7 Å². The molecule has 112 valence electrons. The van der Waals surface area contributed by atoms with Crippen LogP contribution in [0.3, 0.4) is 0 Å². The number of hydrogen-bond acceptors (Lipinski definition) is 4. The molecule has 0 unspecified atom stereocenters. The number of hydrogen-bond donors (Lipinski definition) is 1. The van der Waals surface area contributed by atoms with Crippen LogP contribution in [0.4, 0.5) is 5.69 Å². The van der Waals surface area contributed by atoms with Crippen LogP contribution in [0, 0.1) is 10.1 Å². The first kappa shape index (κ1) is 14.0. The first-order valence-electron chi connectivity index (χ1n) is 6.79. The van der Waals surface area contributed by atoms with Gasteiger partial charge in [-0.2, -0.15) is 0 Å². The molecule has 1 N–H and O–H groups in total. The first-order chi connectivity index (χ1) is 10.6. The third-order valence-electron chi connectivity index (χ3n) is 3.63. The molecule has 0 aliphatic carbocycles. The summed E-state index contributed by atoms with van der Waals surface area (Å²) in [5, 5.41) is 14.8. The minimum atomic E-state index is -0.469. The number of nitro benzene ring substituents is 1. The van der Waals surface area contributed by atoms with Gasteiger partial charge in [0.1, 0.15) is 0 Å². The normalized spacial score (nSPS) is 14.7. The molecule has 1 aliphatic heterocycles. The molecule has 0 spiro atoms. The molecular weight excluding hydrogens is 286 g/mol. The predicted octanol–water partition coefficient (Wildman–Crippen LogP) is 1.32. The zero-order valence-corrected chi connectivity index (χ0v) is 11.6. The van der Waals surface area contributed by atoms with E-state index in [1.54, 1.807) is 24.3 Å². The lowest BCUT2D eigenvalue weighted by Gasteiger charge is -2.27. The molecule has 2 amide bonds. The Balaban J connectivity index is 2.01. The van der Waals surface area contributed by atoms with Gasteiger partial charge in [0.15, 0.2) is 0 Å². The van der Waals surface area contributed by atoms with Crippen LogP contribution in [-0.2, 0) is 4.79 Å². The van der Waals surface area contributed by atoms with Crippen molar-refractivity contribution in [3.63, 3.8) is 0 Å². The minimum absolute atomic E-state index is 0.0190. The van der Waals surface area contributed by atoms with Gasteiger partial charge in [-0.1, -0.05) is 12.1 Å². The largest absolute Gasteiger partial charge is 0.353 e. The van der Waals surface area contributed by atoms with Crippen LogP contribution in [0.25, 0.3) is 10.8 Å². The van der Waals surface area contributed by atoms with E-state index in [1.165, 1.54) is 17.0 Å². The molecule has 1 aliphatic rings. The Hall–Kier alpha value is -2.96. The van der Waals surface area contributed by atoms with Crippen molar-refractivity contribution in [3.05, 3.63) is 52.1 Å². The van der Waals surface area contributed by atoms with Crippen molar-refractivity contribution in [1.29, 1.82) is 0 Å². The van der Waals surface area contributed by atoms with E-state index in [0.717, 1.165) is 0 Å². The minimum Gasteiger partial charge on any atom is -0.353 e. The molecular formula is C15H13N3O4. The highest BCUT2D eigenvalue weighted by atomic mass is 16.6. The van der Waals surface area contributed by atoms with Gasteiger partial charge in [-0.05, 0) is 22.9 Å². The second-order valence-corrected chi connectivity index (χ2v) is 5.04. The summed E-state index contributed by atoms with van der Waals surface area (Å²) in [6.07, 6.45) is 0. The van der Waals surface area contributed by atoms with Crippen LogP contribution in [0.1, 0.15) is 10.4 Å². The van der Waals surface area contributed by atoms with Crippen LogP contribution < -0.4 is 5.32 Å². The Morgan fingerprint density at radius 3 is 2.82 bits per heavy atom. The number of nitro groups is 1. The Labute approximate surface area is 125 Å². The quantitative estimate of drug-likeness (QED) is 0.668. The molecule has 0 bridgehead atoms. The molecule has 22 heavy (non-hydrogen) atoms. The summed E-state index contributed by atoms with van der Waals surface area (Å²) < 4.78 is 0. The van der Waals surface area contributed by atoms with Crippen molar-refractivity contribution >= 4 is 28.3 Å². The van der Waals surface area contributed by atoms with E-state index in [-0.39, 0.29) is 24.0 Å². The molecule has 3 rings (SSSR count). The predicted molar refractivity (Wildman–Crippen MR) is 79.5 cm³/mol. The second-order valence-electron chi connectivity index (χ2n) is 5.04. The molecule has 0 saturated carbocycles. The fourth-order valence-electron chi connectivity index (χ4n) is 2.55. The number of benzene rings is 2. The van der Waals surface area contributed by atoms with Crippen molar-refractivity contribution < 1.29 is 14.5 Å². The Morgan fingerprint density at radius 1 is 1.27 bits per heavy atom. The molecule has 1 saturated heterocycles. The first-order valence-corrected chi connectivity index (χ1v) is 6.79. The van der Waals surface area contributed by atoms with Crippen LogP contribution in [-0.4, -0.2) is 41.3 Å². The maximum atomic E-state index is 12.6. The molecule has 0 atom stereocenters. The van der Waals surface area contributed by atoms with Gasteiger partial charge < -0.3 is 10.2 Å². The summed E-state index contributed by atoms with van der Waals surface area (Å²) in [4.78, 5) is 35.8. The van der Waals surface area contributed by atoms with E-state index in [0.29, 0.717) is 29.4 Å². The van der Waals surface area contributed by atoms with Gasteiger partial charge in [0.25, 0.3) is 11.6 Å². The molecule has 2 aromatic rings. The maximum absolute atomic E-state index is 12.6. The fourth-order valence-corrected chi connectivity index (χ4v) is 2.55. The number of nitrogens with zero attached hydrogens (tertiary/aromatic N) is 2. The van der Waals surface area contributed by atoms with E-state index in [1.807, 2.05) is 0 Å². The Kier molecular flexibility index (Phi) is 3.46. The van der Waals surface area contributed by atoms with Gasteiger partial charge in [0, 0.05) is 30.8 Å². The molecule has 2 aromatic carbocycles. The molecule has 0 aromatic heterocycles. The lowest BCUT2D eigenvalue weighted by Crippen LogP contribution is -2.50. The lowest BCUT2D eigenvalue weighted by atomic mass is 10.0. The van der Waals surface area contributed by atoms with Crippen molar-refractivity contribution in [1.82, 2.24) is 10.2 Å². The number of rotatable bonds is 2. The summed E-state index contributed by atoms with van der Waals surface area (Å²) in [6.45, 7) is 0.914. The number of carbonyl (C=O) groups is 2. The van der Waals surface area contributed by atoms with Gasteiger partial charge in [-0.3, -0.25) is 19.7 Å². The van der Waals surface area contributed by atoms with Crippen molar-refractivity contribution in [2.24, 2.45) is 0 Å². The topological polar surface area (TPSA) is 92.5 Å². The van der Waals surface area contributed by atoms with E-state index in [2.05, 4.69) is 5.32 Å². The Bertz CT molecular complexity index is 787. The molecule has 1 heterocycles. The standard InChI is InChI=1S/C15H13N3O4/c19-14-9-17(7-6-16-14)15(20)13-3-1-2-10-8-11(18(21)22)4-5-12(10)13/h1-5,8H,6-7,9H2,(H,16,19). The Morgan fingerprint density at radius 2 is 2.09 bits per heavy atom. The number of non-ortho nitro benzene ring substituents is 1. The monoisotopic (exact) mass is 299 g/mol. The molecule has 1 fully saturated rings. The highest BCUT2D eigenvalue weighted by Gasteiger charge is 2.23. The lowest BCUT2D eigenvalue weighted by molar-refractivity contribution is -0.384. The van der Waals surface area contributed by atoms with Crippen molar-refractivity contribution in [2.75, 3.05) is 19.6 Å². The van der Waals surface area contributed by atoms with Gasteiger partial charge in [-0.15, -0.1) is 0 Å². The highest BCUT2D eigenvalue weighted by Crippen LogP contribution is 2.24. The van der Waals surface area contributed by atoms with Crippen molar-refractivity contribution in [2.45, 2.75) is 0 Å². The smallest absolute Gasteiger partial charge is 0.270 e. The maximum Gasteiger partial charge on any atom is 0.270 e. The summed E-state index contributed by atoms with van der Waals surface area (Å²) >= 11 is 0. The zero-order chi connectivity index (χ0) is 15.7. The van der Waals surface area contributed by atoms with E-state index in [4.69, 9.17) is 0 Å². The summed E-state index contributed by atoms with van der Waals surface area (Å²) in [6, 6.07) is 9.47. The third-order valence-corrected chi connectivity index (χ3v) is 3.63. The average Bonchev–Trinajstić information content (AvgIpc) is 2.53. The number of carbonyl (C=O) groups excluding carboxylic acids is 2. The summed E-state index contributed by atoms with van der Waals surface area (Å²) in [5.74, 6) is -0.426. The number of fused-ring (bicyclic) bond motifs is 1. The number of nitrogens with one attached hydrogen (secondary N) is 1. The van der Waals surface area contributed by atoms with Gasteiger partial charge in [0.05, 0.1) is 11.5 Å². The SMILES string of the molecule is O=C1CN(C(=O)c2cccc3cc([N+](=O)[O-])ccc23)CCN1. The second kappa shape index (κ2) is 5.44. The van der Waals surface area contributed by atoms with Crippen LogP contribution in [0.2, 0.25) is 0 Å². The molecule has 7 heteroatoms. The fraction of sp³-hybridized carbons (Fsp3) is 0.200. The van der Waals surface area contributed by atoms with Crippen molar-refractivity contribution in [3.8, 4) is 0 Å². The highest BCUT2D eigenvalue weighted by molar-refractivity contribution is 6.08. The summed E-state index contributed by atoms with van der Waals surface area (Å²) in [7, 11) is 0. The average molecular weight is 299 g/mol. The molecule has 0 radical (unpaired) electrons. The van der Waals surface area contributed by atoms with Crippen LogP contribution in [0.5, 0.6) is 0 Å². The number of amides is 2. The molecule has 7 nitrogen and oxygen atoms in total. The van der Waals surface area contributed by atoms with Crippen LogP contribution >= 0.6 is 0 Å². The van der Waals surface area contributed by atoms with Gasteiger partial charge >= 0.3 is 0 Å². The zero-order valence-electron chi connectivity index (χ0n) is 11.6.